The highest BCUT2D eigenvalue weighted by Crippen LogP contribution is 2.16. The minimum Gasteiger partial charge on any atom is -0.426 e. The van der Waals surface area contributed by atoms with Gasteiger partial charge in [-0.25, -0.2) is 4.39 Å². The zero-order valence-corrected chi connectivity index (χ0v) is 8.28. The molecular formula is C9H8FN3O3. The Labute approximate surface area is 89.8 Å². The second-order valence-corrected chi connectivity index (χ2v) is 2.94. The maximum absolute atomic E-state index is 13.0. The van der Waals surface area contributed by atoms with Crippen LogP contribution < -0.4 is 0 Å². The number of non-ortho nitro benzene ring substituents is 1. The van der Waals surface area contributed by atoms with Gasteiger partial charge in [0.25, 0.3) is 5.69 Å². The first-order valence-electron chi connectivity index (χ1n) is 4.17. The molecular weight excluding hydrogens is 217 g/mol. The van der Waals surface area contributed by atoms with Crippen molar-refractivity contribution in [2.45, 2.75) is 6.92 Å². The molecule has 0 aliphatic carbocycles. The van der Waals surface area contributed by atoms with Crippen molar-refractivity contribution in [2.24, 2.45) is 0 Å². The van der Waals surface area contributed by atoms with Gasteiger partial charge in [0, 0.05) is 18.6 Å². The van der Waals surface area contributed by atoms with E-state index in [9.17, 15) is 14.5 Å². The Bertz CT molecular complexity index is 473. The van der Waals surface area contributed by atoms with E-state index in [0.29, 0.717) is 0 Å². The third-order valence-electron chi connectivity index (χ3n) is 1.61. The minimum atomic E-state index is -0.833. The number of nitro groups is 1. The lowest BCUT2D eigenvalue weighted by Gasteiger charge is -2.04. The number of ether oxygens (including phenoxy) is 1. The smallest absolute Gasteiger partial charge is 0.273 e. The highest BCUT2D eigenvalue weighted by atomic mass is 19.1. The van der Waals surface area contributed by atoms with E-state index in [1.807, 2.05) is 0 Å². The molecule has 0 aliphatic rings. The molecule has 0 radical (unpaired) electrons. The van der Waals surface area contributed by atoms with Crippen LogP contribution >= 0.6 is 0 Å². The summed E-state index contributed by atoms with van der Waals surface area (Å²) < 4.78 is 17.6. The number of hydrogen-bond donors (Lipinski definition) is 2. The van der Waals surface area contributed by atoms with Crippen molar-refractivity contribution in [1.29, 1.82) is 10.8 Å². The molecule has 0 saturated heterocycles. The number of nitro benzene ring substituents is 1. The van der Waals surface area contributed by atoms with Crippen molar-refractivity contribution in [3.63, 3.8) is 0 Å². The zero-order chi connectivity index (χ0) is 12.3. The predicted molar refractivity (Wildman–Crippen MR) is 54.4 cm³/mol. The van der Waals surface area contributed by atoms with E-state index in [1.165, 1.54) is 6.92 Å². The van der Waals surface area contributed by atoms with Crippen molar-refractivity contribution in [2.75, 3.05) is 0 Å². The molecule has 0 spiro atoms. The summed E-state index contributed by atoms with van der Waals surface area (Å²) in [7, 11) is 0. The molecule has 7 heteroatoms. The zero-order valence-electron chi connectivity index (χ0n) is 8.28. The summed E-state index contributed by atoms with van der Waals surface area (Å²) in [4.78, 5) is 9.67. The van der Waals surface area contributed by atoms with Gasteiger partial charge < -0.3 is 4.74 Å². The van der Waals surface area contributed by atoms with Gasteiger partial charge in [-0.3, -0.25) is 20.9 Å². The van der Waals surface area contributed by atoms with Crippen molar-refractivity contribution in [3.8, 4) is 0 Å². The Balaban J connectivity index is 3.09. The molecule has 0 bridgehead atoms. The summed E-state index contributed by atoms with van der Waals surface area (Å²) in [6.07, 6.45) is 0. The van der Waals surface area contributed by atoms with Crippen LogP contribution in [0.1, 0.15) is 12.5 Å². The lowest BCUT2D eigenvalue weighted by molar-refractivity contribution is -0.385. The van der Waals surface area contributed by atoms with Crippen LogP contribution in [0.5, 0.6) is 0 Å². The summed E-state index contributed by atoms with van der Waals surface area (Å²) in [5.74, 6) is -1.59. The molecule has 0 fully saturated rings. The first-order valence-corrected chi connectivity index (χ1v) is 4.17. The Morgan fingerprint density at radius 1 is 1.44 bits per heavy atom. The minimum absolute atomic E-state index is 0.0849. The highest BCUT2D eigenvalue weighted by molar-refractivity contribution is 5.98. The fraction of sp³-hybridized carbons (Fsp3) is 0.111. The van der Waals surface area contributed by atoms with Gasteiger partial charge in [0.2, 0.25) is 5.90 Å². The molecule has 16 heavy (non-hydrogen) atoms. The van der Waals surface area contributed by atoms with Gasteiger partial charge in [-0.1, -0.05) is 0 Å². The second-order valence-electron chi connectivity index (χ2n) is 2.94. The van der Waals surface area contributed by atoms with E-state index >= 15 is 0 Å². The standard InChI is InChI=1S/C9H8FN3O3/c1-5(11)16-9(12)6-2-7(10)4-8(3-6)13(14)15/h2-4,11-12H,1H3. The molecule has 0 heterocycles. The Morgan fingerprint density at radius 3 is 2.56 bits per heavy atom. The average molecular weight is 225 g/mol. The van der Waals surface area contributed by atoms with Gasteiger partial charge in [-0.15, -0.1) is 0 Å². The second kappa shape index (κ2) is 4.47. The SMILES string of the molecule is CC(=N)OC(=N)c1cc(F)cc([N+](=O)[O-])c1. The van der Waals surface area contributed by atoms with Gasteiger partial charge in [0.05, 0.1) is 11.0 Å². The molecule has 0 unspecified atom stereocenters. The van der Waals surface area contributed by atoms with E-state index in [1.54, 1.807) is 0 Å². The number of benzene rings is 1. The van der Waals surface area contributed by atoms with Crippen LogP contribution in [0.4, 0.5) is 10.1 Å². The molecule has 2 N–H and O–H groups in total. The van der Waals surface area contributed by atoms with Crippen LogP contribution in [0.25, 0.3) is 0 Å². The van der Waals surface area contributed by atoms with E-state index in [0.717, 1.165) is 18.2 Å². The number of rotatable bonds is 2. The lowest BCUT2D eigenvalue weighted by Crippen LogP contribution is -2.09. The van der Waals surface area contributed by atoms with Crippen molar-refractivity contribution < 1.29 is 14.1 Å². The maximum atomic E-state index is 13.0. The molecule has 0 saturated carbocycles. The average Bonchev–Trinajstić information content (AvgIpc) is 2.15. The summed E-state index contributed by atoms with van der Waals surface area (Å²) in [5.41, 5.74) is -0.552. The van der Waals surface area contributed by atoms with Crippen LogP contribution in [0.15, 0.2) is 18.2 Å². The van der Waals surface area contributed by atoms with Crippen LogP contribution in [0.2, 0.25) is 0 Å². The molecule has 1 rings (SSSR count). The molecule has 84 valence electrons. The normalized spacial score (nSPS) is 9.62. The van der Waals surface area contributed by atoms with Gasteiger partial charge >= 0.3 is 0 Å². The fourth-order valence-electron chi connectivity index (χ4n) is 1.02. The molecule has 0 amide bonds. The van der Waals surface area contributed by atoms with Crippen LogP contribution in [-0.2, 0) is 4.74 Å². The lowest BCUT2D eigenvalue weighted by atomic mass is 10.2. The summed E-state index contributed by atoms with van der Waals surface area (Å²) in [5, 5.41) is 24.8. The summed E-state index contributed by atoms with van der Waals surface area (Å²) in [6.45, 7) is 1.29. The van der Waals surface area contributed by atoms with Crippen molar-refractivity contribution in [1.82, 2.24) is 0 Å². The molecule has 1 aromatic rings. The third kappa shape index (κ3) is 2.84. The van der Waals surface area contributed by atoms with Crippen molar-refractivity contribution >= 4 is 17.5 Å². The largest absolute Gasteiger partial charge is 0.426 e. The molecule has 0 atom stereocenters. The summed E-state index contributed by atoms with van der Waals surface area (Å²) in [6, 6.07) is 2.68. The van der Waals surface area contributed by atoms with Gasteiger partial charge in [0.1, 0.15) is 5.82 Å². The van der Waals surface area contributed by atoms with E-state index in [-0.39, 0.29) is 11.5 Å². The fourth-order valence-corrected chi connectivity index (χ4v) is 1.02. The van der Waals surface area contributed by atoms with E-state index in [4.69, 9.17) is 10.8 Å². The Kier molecular flexibility index (Phi) is 3.29. The monoisotopic (exact) mass is 225 g/mol. The quantitative estimate of drug-likeness (QED) is 0.348. The number of hydrogen-bond acceptors (Lipinski definition) is 5. The Hall–Kier alpha value is -2.31. The van der Waals surface area contributed by atoms with Crippen LogP contribution in [0.3, 0.4) is 0 Å². The maximum Gasteiger partial charge on any atom is 0.273 e. The molecule has 6 nitrogen and oxygen atoms in total. The first-order chi connectivity index (χ1) is 7.40. The summed E-state index contributed by atoms with van der Waals surface area (Å²) >= 11 is 0. The predicted octanol–water partition coefficient (Wildman–Crippen LogP) is 2.07. The van der Waals surface area contributed by atoms with Gasteiger partial charge in [-0.05, 0) is 6.07 Å². The first kappa shape index (κ1) is 11.8. The molecule has 0 aromatic heterocycles. The number of nitrogens with zero attached hydrogens (tertiary/aromatic N) is 1. The third-order valence-corrected chi connectivity index (χ3v) is 1.61. The molecule has 1 aromatic carbocycles. The van der Waals surface area contributed by atoms with Crippen LogP contribution in [0, 0.1) is 26.8 Å². The molecule has 0 aliphatic heterocycles. The van der Waals surface area contributed by atoms with Crippen LogP contribution in [-0.4, -0.2) is 16.7 Å². The Morgan fingerprint density at radius 2 is 2.06 bits per heavy atom. The highest BCUT2D eigenvalue weighted by Gasteiger charge is 2.13. The van der Waals surface area contributed by atoms with Gasteiger partial charge in [0.15, 0.2) is 5.90 Å². The van der Waals surface area contributed by atoms with Crippen molar-refractivity contribution in [3.05, 3.63) is 39.7 Å². The van der Waals surface area contributed by atoms with Gasteiger partial charge in [-0.2, -0.15) is 0 Å². The van der Waals surface area contributed by atoms with E-state index in [2.05, 4.69) is 4.74 Å². The van der Waals surface area contributed by atoms with E-state index < -0.39 is 22.3 Å². The number of halogens is 1. The topological polar surface area (TPSA) is 100 Å². The number of nitrogens with one attached hydrogen (secondary N) is 2.